The van der Waals surface area contributed by atoms with Gasteiger partial charge in [0.05, 0.1) is 0 Å². The van der Waals surface area contributed by atoms with E-state index in [2.05, 4.69) is 20.2 Å². The second kappa shape index (κ2) is 5.63. The van der Waals surface area contributed by atoms with E-state index >= 15 is 0 Å². The quantitative estimate of drug-likeness (QED) is 0.755. The zero-order valence-corrected chi connectivity index (χ0v) is 11.0. The van der Waals surface area contributed by atoms with E-state index in [-0.39, 0.29) is 0 Å². The maximum Gasteiger partial charge on any atom is 0.181 e. The highest BCUT2D eigenvalue weighted by Gasteiger charge is 2.06. The first kappa shape index (κ1) is 12.5. The van der Waals surface area contributed by atoms with Crippen LogP contribution in [0, 0.1) is 0 Å². The van der Waals surface area contributed by atoms with Crippen molar-refractivity contribution >= 4 is 0 Å². The Labute approximate surface area is 116 Å². The maximum absolute atomic E-state index is 5.58. The van der Waals surface area contributed by atoms with Crippen molar-refractivity contribution in [2.24, 2.45) is 5.73 Å². The Balaban J connectivity index is 1.79. The summed E-state index contributed by atoms with van der Waals surface area (Å²) in [6, 6.07) is 13.8. The van der Waals surface area contributed by atoms with Crippen LogP contribution in [0.2, 0.25) is 0 Å². The third kappa shape index (κ3) is 2.73. The Morgan fingerprint density at radius 2 is 1.90 bits per heavy atom. The number of rotatable bonds is 4. The highest BCUT2D eigenvalue weighted by atomic mass is 15.2. The number of nitrogens with two attached hydrogens (primary N) is 1. The van der Waals surface area contributed by atoms with Gasteiger partial charge in [0.1, 0.15) is 5.82 Å². The largest absolute Gasteiger partial charge is 0.326 e. The number of H-pyrrole nitrogens is 1. The van der Waals surface area contributed by atoms with Crippen molar-refractivity contribution in [2.45, 2.75) is 13.0 Å². The van der Waals surface area contributed by atoms with Crippen molar-refractivity contribution < 1.29 is 0 Å². The van der Waals surface area contributed by atoms with Crippen LogP contribution in [-0.4, -0.2) is 20.2 Å². The first-order valence-electron chi connectivity index (χ1n) is 6.46. The smallest absolute Gasteiger partial charge is 0.181 e. The molecule has 0 aliphatic carbocycles. The van der Waals surface area contributed by atoms with Gasteiger partial charge in [-0.1, -0.05) is 30.3 Å². The molecule has 0 amide bonds. The summed E-state index contributed by atoms with van der Waals surface area (Å²) in [6.45, 7) is 0.541. The molecule has 0 spiro atoms. The predicted molar refractivity (Wildman–Crippen MR) is 76.8 cm³/mol. The van der Waals surface area contributed by atoms with Gasteiger partial charge in [0, 0.05) is 30.4 Å². The molecule has 0 saturated carbocycles. The van der Waals surface area contributed by atoms with Crippen LogP contribution in [0.4, 0.5) is 0 Å². The molecule has 1 aromatic carbocycles. The van der Waals surface area contributed by atoms with E-state index in [0.717, 1.165) is 22.6 Å². The maximum atomic E-state index is 5.58. The molecule has 0 radical (unpaired) electrons. The Hall–Kier alpha value is -2.53. The van der Waals surface area contributed by atoms with E-state index in [1.165, 1.54) is 0 Å². The Kier molecular flexibility index (Phi) is 3.52. The summed E-state index contributed by atoms with van der Waals surface area (Å²) in [5.41, 5.74) is 8.62. The summed E-state index contributed by atoms with van der Waals surface area (Å²) in [4.78, 5) is 8.77. The van der Waals surface area contributed by atoms with Crippen molar-refractivity contribution in [3.05, 3.63) is 65.7 Å². The van der Waals surface area contributed by atoms with E-state index < -0.39 is 0 Å². The molecule has 0 bridgehead atoms. The van der Waals surface area contributed by atoms with Gasteiger partial charge in [0.25, 0.3) is 0 Å². The van der Waals surface area contributed by atoms with Gasteiger partial charge >= 0.3 is 0 Å². The lowest BCUT2D eigenvalue weighted by Gasteiger charge is -1.98. The minimum absolute atomic E-state index is 0.541. The van der Waals surface area contributed by atoms with Gasteiger partial charge in [-0.15, -0.1) is 0 Å². The highest BCUT2D eigenvalue weighted by Crippen LogP contribution is 2.16. The monoisotopic (exact) mass is 265 g/mol. The van der Waals surface area contributed by atoms with Crippen LogP contribution < -0.4 is 5.73 Å². The van der Waals surface area contributed by atoms with Gasteiger partial charge in [-0.05, 0) is 17.7 Å². The molecule has 100 valence electrons. The Morgan fingerprint density at radius 1 is 1.05 bits per heavy atom. The molecule has 20 heavy (non-hydrogen) atoms. The van der Waals surface area contributed by atoms with Crippen LogP contribution in [0.1, 0.15) is 17.1 Å². The van der Waals surface area contributed by atoms with E-state index in [0.29, 0.717) is 18.8 Å². The summed E-state index contributed by atoms with van der Waals surface area (Å²) in [5, 5.41) is 7.20. The van der Waals surface area contributed by atoms with Crippen LogP contribution in [0.3, 0.4) is 0 Å². The normalized spacial score (nSPS) is 10.7. The fraction of sp³-hybridized carbons (Fsp3) is 0.133. The summed E-state index contributed by atoms with van der Waals surface area (Å²) < 4.78 is 0. The number of aromatic amines is 1. The third-order valence-corrected chi connectivity index (χ3v) is 3.05. The van der Waals surface area contributed by atoms with Crippen LogP contribution in [0.15, 0.2) is 48.7 Å². The van der Waals surface area contributed by atoms with Crippen molar-refractivity contribution in [1.29, 1.82) is 0 Å². The molecule has 3 N–H and O–H groups in total. The lowest BCUT2D eigenvalue weighted by atomic mass is 10.1. The molecular formula is C15H15N5. The molecule has 0 saturated heterocycles. The molecule has 5 nitrogen and oxygen atoms in total. The molecule has 0 atom stereocenters. The fourth-order valence-corrected chi connectivity index (χ4v) is 1.97. The van der Waals surface area contributed by atoms with Gasteiger partial charge in [0.2, 0.25) is 0 Å². The summed E-state index contributed by atoms with van der Waals surface area (Å²) in [5.74, 6) is 1.50. The molecule has 2 aromatic heterocycles. The lowest BCUT2D eigenvalue weighted by molar-refractivity contribution is 0.942. The van der Waals surface area contributed by atoms with Gasteiger partial charge < -0.3 is 5.73 Å². The average Bonchev–Trinajstić information content (AvgIpc) is 2.97. The average molecular weight is 265 g/mol. The molecule has 0 aliphatic heterocycles. The van der Waals surface area contributed by atoms with Gasteiger partial charge in [0.15, 0.2) is 5.82 Å². The van der Waals surface area contributed by atoms with Crippen LogP contribution >= 0.6 is 0 Å². The van der Waals surface area contributed by atoms with Crippen molar-refractivity contribution in [3.63, 3.8) is 0 Å². The number of pyridine rings is 1. The summed E-state index contributed by atoms with van der Waals surface area (Å²) in [7, 11) is 0. The van der Waals surface area contributed by atoms with Crippen LogP contribution in [0.5, 0.6) is 0 Å². The molecule has 3 aromatic rings. The fourth-order valence-electron chi connectivity index (χ4n) is 1.97. The third-order valence-electron chi connectivity index (χ3n) is 3.05. The van der Waals surface area contributed by atoms with Crippen molar-refractivity contribution in [2.75, 3.05) is 0 Å². The van der Waals surface area contributed by atoms with E-state index in [1.807, 2.05) is 42.5 Å². The number of benzene rings is 1. The van der Waals surface area contributed by atoms with Gasteiger partial charge in [-0.25, -0.2) is 4.98 Å². The zero-order valence-electron chi connectivity index (χ0n) is 11.0. The molecule has 0 aliphatic rings. The molecule has 0 unspecified atom stereocenters. The first-order chi connectivity index (χ1) is 9.85. The molecule has 0 fully saturated rings. The minimum Gasteiger partial charge on any atom is -0.326 e. The highest BCUT2D eigenvalue weighted by molar-refractivity contribution is 5.54. The molecule has 2 heterocycles. The molecule has 5 heteroatoms. The van der Waals surface area contributed by atoms with E-state index in [9.17, 15) is 0 Å². The van der Waals surface area contributed by atoms with E-state index in [4.69, 9.17) is 5.73 Å². The lowest BCUT2D eigenvalue weighted by Crippen LogP contribution is -1.95. The Morgan fingerprint density at radius 3 is 2.60 bits per heavy atom. The standard InChI is InChI=1S/C15H15N5/c16-10-11-4-6-12(7-5-11)15-18-14(19-20-15)9-13-3-1-2-8-17-13/h1-8H,9-10,16H2,(H,18,19,20). The number of nitrogens with zero attached hydrogens (tertiary/aromatic N) is 3. The Bertz CT molecular complexity index is 673. The van der Waals surface area contributed by atoms with Crippen molar-refractivity contribution in [3.8, 4) is 11.4 Å². The van der Waals surface area contributed by atoms with Crippen LogP contribution in [-0.2, 0) is 13.0 Å². The second-order valence-corrected chi connectivity index (χ2v) is 4.50. The number of hydrogen-bond acceptors (Lipinski definition) is 4. The van der Waals surface area contributed by atoms with Gasteiger partial charge in [-0.3, -0.25) is 10.1 Å². The molecule has 3 rings (SSSR count). The predicted octanol–water partition coefficient (Wildman–Crippen LogP) is 1.92. The zero-order chi connectivity index (χ0) is 13.8. The number of nitrogens with one attached hydrogen (secondary N) is 1. The summed E-state index contributed by atoms with van der Waals surface area (Å²) >= 11 is 0. The SMILES string of the molecule is NCc1ccc(-c2n[nH]c(Cc3ccccn3)n2)cc1. The summed E-state index contributed by atoms with van der Waals surface area (Å²) in [6.07, 6.45) is 2.42. The first-order valence-corrected chi connectivity index (χ1v) is 6.46. The van der Waals surface area contributed by atoms with Gasteiger partial charge in [-0.2, -0.15) is 5.10 Å². The minimum atomic E-state index is 0.541. The number of aromatic nitrogens is 4. The second-order valence-electron chi connectivity index (χ2n) is 4.50. The van der Waals surface area contributed by atoms with Crippen LogP contribution in [0.25, 0.3) is 11.4 Å². The number of hydrogen-bond donors (Lipinski definition) is 2. The topological polar surface area (TPSA) is 80.5 Å². The van der Waals surface area contributed by atoms with E-state index in [1.54, 1.807) is 6.20 Å². The molecular weight excluding hydrogens is 250 g/mol. The van der Waals surface area contributed by atoms with Crippen molar-refractivity contribution in [1.82, 2.24) is 20.2 Å².